The number of likely N-dealkylation sites (N-methyl/N-ethyl adjacent to an activating group) is 1. The highest BCUT2D eigenvalue weighted by atomic mass is 16.2. The first kappa shape index (κ1) is 16.7. The van der Waals surface area contributed by atoms with Crippen molar-refractivity contribution in [1.82, 2.24) is 19.7 Å². The zero-order valence-electron chi connectivity index (χ0n) is 13.5. The first-order valence-corrected chi connectivity index (χ1v) is 7.91. The third-order valence-corrected chi connectivity index (χ3v) is 4.26. The molecule has 0 spiro atoms. The molecule has 0 saturated carbocycles. The molecule has 2 rings (SSSR count). The molecule has 1 saturated heterocycles. The lowest BCUT2D eigenvalue weighted by molar-refractivity contribution is -0.121. The van der Waals surface area contributed by atoms with E-state index in [0.29, 0.717) is 12.6 Å². The van der Waals surface area contributed by atoms with Crippen molar-refractivity contribution >= 4 is 5.91 Å². The molecular weight excluding hydrogens is 280 g/mol. The second-order valence-electron chi connectivity index (χ2n) is 5.99. The van der Waals surface area contributed by atoms with E-state index in [-0.39, 0.29) is 18.0 Å². The van der Waals surface area contributed by atoms with Gasteiger partial charge in [0.15, 0.2) is 0 Å². The highest BCUT2D eigenvalue weighted by Gasteiger charge is 2.18. The number of amides is 1. The summed E-state index contributed by atoms with van der Waals surface area (Å²) in [7, 11) is 2.15. The number of hydrogen-bond donors (Lipinski definition) is 1. The predicted molar refractivity (Wildman–Crippen MR) is 86.9 cm³/mol. The summed E-state index contributed by atoms with van der Waals surface area (Å²) in [4.78, 5) is 28.2. The van der Waals surface area contributed by atoms with Crippen molar-refractivity contribution in [2.45, 2.75) is 25.9 Å². The monoisotopic (exact) mass is 306 g/mol. The Labute approximate surface area is 131 Å². The molecule has 0 radical (unpaired) electrons. The summed E-state index contributed by atoms with van der Waals surface area (Å²) in [6, 6.07) is 5.36. The van der Waals surface area contributed by atoms with Crippen LogP contribution in [-0.4, -0.2) is 66.1 Å². The minimum absolute atomic E-state index is 0.0859. The number of nitrogens with zero attached hydrogens (tertiary/aromatic N) is 3. The predicted octanol–water partition coefficient (Wildman–Crippen LogP) is -0.00950. The minimum atomic E-state index is -0.150. The fourth-order valence-electron chi connectivity index (χ4n) is 2.67. The molecule has 1 fully saturated rings. The van der Waals surface area contributed by atoms with Gasteiger partial charge in [-0.25, -0.2) is 0 Å². The lowest BCUT2D eigenvalue weighted by Gasteiger charge is -2.36. The van der Waals surface area contributed by atoms with Crippen LogP contribution in [0, 0.1) is 0 Å². The van der Waals surface area contributed by atoms with E-state index >= 15 is 0 Å². The summed E-state index contributed by atoms with van der Waals surface area (Å²) >= 11 is 0. The quantitative estimate of drug-likeness (QED) is 0.803. The van der Waals surface area contributed by atoms with Crippen LogP contribution < -0.4 is 10.9 Å². The second kappa shape index (κ2) is 8.10. The number of carbonyl (C=O) groups excluding carboxylic acids is 1. The molecule has 122 valence electrons. The Morgan fingerprint density at radius 2 is 2.00 bits per heavy atom. The molecule has 1 amide bonds. The van der Waals surface area contributed by atoms with Crippen molar-refractivity contribution in [3.63, 3.8) is 0 Å². The molecule has 1 atom stereocenters. The number of rotatable bonds is 6. The number of piperazine rings is 1. The van der Waals surface area contributed by atoms with Crippen molar-refractivity contribution in [2.24, 2.45) is 0 Å². The van der Waals surface area contributed by atoms with Crippen molar-refractivity contribution in [3.8, 4) is 0 Å². The molecule has 6 nitrogen and oxygen atoms in total. The molecule has 2 heterocycles. The van der Waals surface area contributed by atoms with E-state index in [1.807, 2.05) is 0 Å². The van der Waals surface area contributed by atoms with Gasteiger partial charge in [0.25, 0.3) is 5.56 Å². The number of hydrogen-bond acceptors (Lipinski definition) is 4. The largest absolute Gasteiger partial charge is 0.354 e. The molecule has 1 aliphatic heterocycles. The Morgan fingerprint density at radius 1 is 1.27 bits per heavy atom. The third kappa shape index (κ3) is 4.96. The van der Waals surface area contributed by atoms with Gasteiger partial charge in [0.05, 0.1) is 0 Å². The summed E-state index contributed by atoms with van der Waals surface area (Å²) in [5.41, 5.74) is -0.150. The first-order chi connectivity index (χ1) is 10.6. The van der Waals surface area contributed by atoms with Gasteiger partial charge in [0, 0.05) is 51.0 Å². The standard InChI is InChI=1S/C16H26N4O2/c1-14(19-11-9-18(2)10-12-19)6-7-17-15(21)13-20-8-4-3-5-16(20)22/h3-5,8,14H,6-7,9-13H2,1-2H3,(H,17,21)/t14-/m1/s1. The molecule has 0 unspecified atom stereocenters. The average Bonchev–Trinajstić information content (AvgIpc) is 2.50. The summed E-state index contributed by atoms with van der Waals surface area (Å²) < 4.78 is 1.42. The molecule has 1 aromatic rings. The zero-order valence-corrected chi connectivity index (χ0v) is 13.5. The Hall–Kier alpha value is -1.66. The van der Waals surface area contributed by atoms with Crippen LogP contribution in [0.15, 0.2) is 29.2 Å². The van der Waals surface area contributed by atoms with Gasteiger partial charge in [-0.15, -0.1) is 0 Å². The smallest absolute Gasteiger partial charge is 0.250 e. The van der Waals surface area contributed by atoms with E-state index in [1.54, 1.807) is 18.3 Å². The van der Waals surface area contributed by atoms with Gasteiger partial charge in [-0.2, -0.15) is 0 Å². The molecule has 1 aromatic heterocycles. The topological polar surface area (TPSA) is 57.6 Å². The van der Waals surface area contributed by atoms with E-state index in [0.717, 1.165) is 32.6 Å². The number of nitrogens with one attached hydrogen (secondary N) is 1. The summed E-state index contributed by atoms with van der Waals surface area (Å²) in [6.45, 7) is 7.33. The Balaban J connectivity index is 1.68. The van der Waals surface area contributed by atoms with E-state index in [2.05, 4.69) is 29.1 Å². The lowest BCUT2D eigenvalue weighted by Crippen LogP contribution is -2.48. The fraction of sp³-hybridized carbons (Fsp3) is 0.625. The maximum atomic E-state index is 11.9. The van der Waals surface area contributed by atoms with Crippen LogP contribution in [0.2, 0.25) is 0 Å². The summed E-state index contributed by atoms with van der Waals surface area (Å²) in [6.07, 6.45) is 2.56. The van der Waals surface area contributed by atoms with Gasteiger partial charge < -0.3 is 14.8 Å². The maximum Gasteiger partial charge on any atom is 0.250 e. The molecule has 1 N–H and O–H groups in total. The van der Waals surface area contributed by atoms with Gasteiger partial charge in [-0.3, -0.25) is 14.5 Å². The van der Waals surface area contributed by atoms with Crippen LogP contribution in [-0.2, 0) is 11.3 Å². The lowest BCUT2D eigenvalue weighted by atomic mass is 10.1. The summed E-state index contributed by atoms with van der Waals surface area (Å²) in [5, 5.41) is 2.90. The zero-order chi connectivity index (χ0) is 15.9. The highest BCUT2D eigenvalue weighted by Crippen LogP contribution is 2.07. The van der Waals surface area contributed by atoms with Crippen LogP contribution in [0.4, 0.5) is 0 Å². The first-order valence-electron chi connectivity index (χ1n) is 7.91. The van der Waals surface area contributed by atoms with Gasteiger partial charge >= 0.3 is 0 Å². The molecule has 22 heavy (non-hydrogen) atoms. The molecular formula is C16H26N4O2. The molecule has 6 heteroatoms. The molecule has 0 aliphatic carbocycles. The minimum Gasteiger partial charge on any atom is -0.354 e. The van der Waals surface area contributed by atoms with Crippen LogP contribution >= 0.6 is 0 Å². The number of carbonyl (C=O) groups is 1. The van der Waals surface area contributed by atoms with Crippen LogP contribution in [0.5, 0.6) is 0 Å². The maximum absolute atomic E-state index is 11.9. The Morgan fingerprint density at radius 3 is 2.68 bits per heavy atom. The SMILES string of the molecule is C[C@H](CCNC(=O)Cn1ccccc1=O)N1CCN(C)CC1. The van der Waals surface area contributed by atoms with E-state index in [4.69, 9.17) is 0 Å². The Bertz CT molecular complexity index is 535. The van der Waals surface area contributed by atoms with Gasteiger partial charge in [0.1, 0.15) is 6.54 Å². The van der Waals surface area contributed by atoms with Crippen molar-refractivity contribution in [1.29, 1.82) is 0 Å². The number of pyridine rings is 1. The van der Waals surface area contributed by atoms with Gasteiger partial charge in [-0.1, -0.05) is 6.07 Å². The van der Waals surface area contributed by atoms with Crippen LogP contribution in [0.25, 0.3) is 0 Å². The van der Waals surface area contributed by atoms with E-state index < -0.39 is 0 Å². The molecule has 0 aromatic carbocycles. The van der Waals surface area contributed by atoms with E-state index in [1.165, 1.54) is 10.6 Å². The Kier molecular flexibility index (Phi) is 6.15. The average molecular weight is 306 g/mol. The van der Waals surface area contributed by atoms with Crippen molar-refractivity contribution in [3.05, 3.63) is 34.7 Å². The normalized spacial score (nSPS) is 18.1. The van der Waals surface area contributed by atoms with Crippen LogP contribution in [0.3, 0.4) is 0 Å². The van der Waals surface area contributed by atoms with Crippen LogP contribution in [0.1, 0.15) is 13.3 Å². The summed E-state index contributed by atoms with van der Waals surface area (Å²) in [5.74, 6) is -0.112. The van der Waals surface area contributed by atoms with E-state index in [9.17, 15) is 9.59 Å². The van der Waals surface area contributed by atoms with Crippen molar-refractivity contribution < 1.29 is 4.79 Å². The molecule has 0 bridgehead atoms. The highest BCUT2D eigenvalue weighted by molar-refractivity contribution is 5.75. The number of aromatic nitrogens is 1. The van der Waals surface area contributed by atoms with Crippen molar-refractivity contribution in [2.75, 3.05) is 39.8 Å². The van der Waals surface area contributed by atoms with Gasteiger partial charge in [-0.05, 0) is 26.5 Å². The second-order valence-corrected chi connectivity index (χ2v) is 5.99. The third-order valence-electron chi connectivity index (χ3n) is 4.26. The fourth-order valence-corrected chi connectivity index (χ4v) is 2.67. The molecule has 1 aliphatic rings. The van der Waals surface area contributed by atoms with Gasteiger partial charge in [0.2, 0.25) is 5.91 Å².